The predicted octanol–water partition coefficient (Wildman–Crippen LogP) is 4.08. The summed E-state index contributed by atoms with van der Waals surface area (Å²) >= 11 is -0.965. The second-order valence-corrected chi connectivity index (χ2v) is 12.4. The largest absolute Gasteiger partial charge is 0.390 e. The van der Waals surface area contributed by atoms with Gasteiger partial charge in [-0.05, 0) is 57.5 Å². The minimum atomic E-state index is -0.965. The molecule has 0 aromatic heterocycles. The van der Waals surface area contributed by atoms with Crippen molar-refractivity contribution in [3.63, 3.8) is 0 Å². The Morgan fingerprint density at radius 2 is 1.71 bits per heavy atom. The number of carbonyl (C=O) groups excluding carboxylic acids is 3. The smallest absolute Gasteiger partial charge is 0.243 e. The molecule has 1 aliphatic carbocycles. The summed E-state index contributed by atoms with van der Waals surface area (Å²) in [5, 5.41) is 17.3. The Bertz CT molecular complexity index is 1330. The Labute approximate surface area is 249 Å². The Hall–Kier alpha value is -3.22. The second kappa shape index (κ2) is 13.6. The van der Waals surface area contributed by atoms with Crippen molar-refractivity contribution in [3.8, 4) is 11.1 Å². The fourth-order valence-corrected chi connectivity index (χ4v) is 6.68. The van der Waals surface area contributed by atoms with E-state index in [1.807, 2.05) is 48.6 Å². The van der Waals surface area contributed by atoms with Crippen LogP contribution in [0.3, 0.4) is 0 Å². The molecule has 2 heterocycles. The lowest BCUT2D eigenvalue weighted by molar-refractivity contribution is -0.142. The van der Waals surface area contributed by atoms with Gasteiger partial charge in [0.25, 0.3) is 0 Å². The standard InChI is InChI=1S/C31H35IN4O5/c1-32-29(37)25-16-6-4-2-3-5-7-17-26(34-40)31(39)36-19-20(18-27(36)30(38)33-25)41-35-28-23-14-10-8-12-21(23)22-13-9-11-15-24(22)28/h4,6,8-15,20,25-27,34,40H,1-3,5,7,16-19H2,(H,33,38)/b6-4-/t20-,25?,26+,27+/m1/s1. The normalized spacial score (nSPS) is 25.7. The Kier molecular flexibility index (Phi) is 9.73. The van der Waals surface area contributed by atoms with E-state index in [0.717, 1.165) is 47.9 Å². The molecule has 1 fully saturated rings. The number of nitrogens with one attached hydrogen (secondary N) is 2. The number of amides is 2. The van der Waals surface area contributed by atoms with Crippen LogP contribution in [0.1, 0.15) is 56.1 Å². The number of benzene rings is 2. The van der Waals surface area contributed by atoms with Crippen molar-refractivity contribution >= 4 is 46.6 Å². The lowest BCUT2D eigenvalue weighted by atomic mass is 10.1. The fourth-order valence-electron chi connectivity index (χ4n) is 5.74. The summed E-state index contributed by atoms with van der Waals surface area (Å²) in [6, 6.07) is 13.6. The van der Waals surface area contributed by atoms with E-state index in [2.05, 4.69) is 32.6 Å². The van der Waals surface area contributed by atoms with Gasteiger partial charge in [-0.25, -0.2) is 0 Å². The van der Waals surface area contributed by atoms with Crippen LogP contribution in [-0.4, -0.2) is 66.7 Å². The fraction of sp³-hybridized carbons (Fsp3) is 0.387. The van der Waals surface area contributed by atoms with Crippen molar-refractivity contribution in [3.05, 3.63) is 71.8 Å². The van der Waals surface area contributed by atoms with Gasteiger partial charge in [-0.2, -0.15) is 5.48 Å². The number of fused-ring (bicyclic) bond motifs is 4. The van der Waals surface area contributed by atoms with E-state index in [-0.39, 0.29) is 22.7 Å². The highest BCUT2D eigenvalue weighted by Gasteiger charge is 2.43. The van der Waals surface area contributed by atoms with Crippen molar-refractivity contribution in [2.75, 3.05) is 6.54 Å². The number of hydroxylamine groups is 1. The average molecular weight is 671 g/mol. The van der Waals surface area contributed by atoms with Crippen LogP contribution in [-0.2, 0) is 19.2 Å². The molecule has 2 amide bonds. The maximum absolute atomic E-state index is 13.6. The molecule has 0 radical (unpaired) electrons. The zero-order valence-electron chi connectivity index (χ0n) is 22.8. The van der Waals surface area contributed by atoms with Gasteiger partial charge in [0.05, 0.1) is 6.54 Å². The van der Waals surface area contributed by atoms with Gasteiger partial charge < -0.3 is 20.3 Å². The molecule has 10 heteroatoms. The number of hydrogen-bond acceptors (Lipinski definition) is 7. The van der Waals surface area contributed by atoms with Crippen LogP contribution in [0.4, 0.5) is 0 Å². The highest BCUT2D eigenvalue weighted by molar-refractivity contribution is 14.2. The SMILES string of the molecule is C=IC(=O)C1C/C=C\CCCCC[C@H](NO)C(=O)N2C[C@H](ON=C3c4ccccc4-c4ccccc43)C[C@H]2C(=O)N1. The number of rotatable bonds is 5. The molecule has 9 nitrogen and oxygen atoms in total. The first-order valence-corrected chi connectivity index (χ1v) is 16.6. The van der Waals surface area contributed by atoms with Gasteiger partial charge >= 0.3 is 0 Å². The van der Waals surface area contributed by atoms with Crippen molar-refractivity contribution in [1.29, 1.82) is 0 Å². The third kappa shape index (κ3) is 6.49. The van der Waals surface area contributed by atoms with Crippen LogP contribution in [0.15, 0.2) is 65.8 Å². The molecule has 1 unspecified atom stereocenters. The van der Waals surface area contributed by atoms with Crippen molar-refractivity contribution in [2.24, 2.45) is 5.16 Å². The van der Waals surface area contributed by atoms with Crippen LogP contribution >= 0.6 is 20.7 Å². The molecular weight excluding hydrogens is 635 g/mol. The molecule has 0 bridgehead atoms. The number of halogens is 1. The topological polar surface area (TPSA) is 120 Å². The Balaban J connectivity index is 1.41. The van der Waals surface area contributed by atoms with Crippen molar-refractivity contribution in [1.82, 2.24) is 15.7 Å². The van der Waals surface area contributed by atoms with Gasteiger partial charge in [-0.15, -0.1) is 0 Å². The zero-order chi connectivity index (χ0) is 28.8. The minimum absolute atomic E-state index is 0.0605. The molecule has 41 heavy (non-hydrogen) atoms. The summed E-state index contributed by atoms with van der Waals surface area (Å²) in [4.78, 5) is 47.3. The van der Waals surface area contributed by atoms with Crippen molar-refractivity contribution < 1.29 is 24.4 Å². The van der Waals surface area contributed by atoms with Crippen LogP contribution < -0.4 is 10.8 Å². The van der Waals surface area contributed by atoms with Gasteiger partial charge in [0.1, 0.15) is 29.9 Å². The van der Waals surface area contributed by atoms with E-state index in [0.29, 0.717) is 18.6 Å². The number of hydrogen-bond donors (Lipinski definition) is 3. The molecule has 0 saturated carbocycles. The highest BCUT2D eigenvalue weighted by Crippen LogP contribution is 2.37. The molecule has 2 aliphatic heterocycles. The number of allylic oxidation sites excluding steroid dienone is 1. The third-order valence-corrected chi connectivity index (χ3v) is 9.38. The van der Waals surface area contributed by atoms with E-state index >= 15 is 0 Å². The van der Waals surface area contributed by atoms with Gasteiger partial charge in [-0.3, -0.25) is 14.4 Å². The number of nitrogens with zero attached hydrogens (tertiary/aromatic N) is 2. The summed E-state index contributed by atoms with van der Waals surface area (Å²) in [6.07, 6.45) is 7.92. The molecule has 4 atom stereocenters. The first-order chi connectivity index (χ1) is 20.0. The summed E-state index contributed by atoms with van der Waals surface area (Å²) in [5.41, 5.74) is 6.95. The maximum atomic E-state index is 13.6. The summed E-state index contributed by atoms with van der Waals surface area (Å²) in [7, 11) is 0. The van der Waals surface area contributed by atoms with E-state index < -0.39 is 50.9 Å². The van der Waals surface area contributed by atoms with Gasteiger partial charge in [0.15, 0.2) is 0 Å². The van der Waals surface area contributed by atoms with Crippen LogP contribution in [0.5, 0.6) is 0 Å². The highest BCUT2D eigenvalue weighted by atomic mass is 127. The molecule has 0 spiro atoms. The van der Waals surface area contributed by atoms with Crippen LogP contribution in [0.2, 0.25) is 0 Å². The second-order valence-electron chi connectivity index (χ2n) is 10.5. The first kappa shape index (κ1) is 29.3. The summed E-state index contributed by atoms with van der Waals surface area (Å²) in [5.74, 6) is -0.784. The molecule has 3 aliphatic rings. The van der Waals surface area contributed by atoms with Gasteiger partial charge in [0, 0.05) is 17.5 Å². The molecule has 5 rings (SSSR count). The molecular formula is C31H35IN4O5. The number of oxime groups is 1. The summed E-state index contributed by atoms with van der Waals surface area (Å²) < 4.78 is 3.75. The van der Waals surface area contributed by atoms with E-state index in [1.165, 1.54) is 4.90 Å². The maximum Gasteiger partial charge on any atom is 0.243 e. The lowest BCUT2D eigenvalue weighted by Crippen LogP contribution is -2.54. The van der Waals surface area contributed by atoms with Crippen LogP contribution in [0.25, 0.3) is 11.1 Å². The molecule has 3 N–H and O–H groups in total. The third-order valence-electron chi connectivity index (χ3n) is 7.87. The average Bonchev–Trinajstić information content (AvgIpc) is 3.57. The Morgan fingerprint density at radius 3 is 2.37 bits per heavy atom. The van der Waals surface area contributed by atoms with Crippen molar-refractivity contribution in [2.45, 2.75) is 69.2 Å². The zero-order valence-corrected chi connectivity index (χ0v) is 25.0. The summed E-state index contributed by atoms with van der Waals surface area (Å²) in [6.45, 7) is 0.135. The first-order valence-electron chi connectivity index (χ1n) is 14.0. The number of carbonyl (C=O) groups is 3. The minimum Gasteiger partial charge on any atom is -0.390 e. The quantitative estimate of drug-likeness (QED) is 0.163. The van der Waals surface area contributed by atoms with Crippen LogP contribution in [0, 0.1) is 0 Å². The lowest BCUT2D eigenvalue weighted by Gasteiger charge is -2.28. The van der Waals surface area contributed by atoms with Gasteiger partial charge in [0.2, 0.25) is 15.6 Å². The van der Waals surface area contributed by atoms with Gasteiger partial charge in [-0.1, -0.05) is 83.2 Å². The van der Waals surface area contributed by atoms with E-state index in [1.54, 1.807) is 0 Å². The molecule has 1 saturated heterocycles. The molecule has 2 aromatic rings. The van der Waals surface area contributed by atoms with E-state index in [4.69, 9.17) is 4.84 Å². The van der Waals surface area contributed by atoms with E-state index in [9.17, 15) is 19.6 Å². The molecule has 216 valence electrons. The predicted molar refractivity (Wildman–Crippen MR) is 166 cm³/mol. The monoisotopic (exact) mass is 670 g/mol. The molecule has 2 aromatic carbocycles. The Morgan fingerprint density at radius 1 is 1.02 bits per heavy atom.